The molecule has 2 rings (SSSR count). The van der Waals surface area contributed by atoms with Gasteiger partial charge in [0.25, 0.3) is 0 Å². The van der Waals surface area contributed by atoms with Crippen molar-refractivity contribution < 1.29 is 9.84 Å². The summed E-state index contributed by atoms with van der Waals surface area (Å²) in [5, 5.41) is 9.27. The molecule has 1 fully saturated rings. The molecule has 1 aromatic rings. The summed E-state index contributed by atoms with van der Waals surface area (Å²) >= 11 is 2.09. The molecule has 1 saturated carbocycles. The number of ether oxygens (including phenoxy) is 1. The largest absolute Gasteiger partial charge is 0.507 e. The van der Waals surface area contributed by atoms with Gasteiger partial charge in [0.05, 0.1) is 10.2 Å². The van der Waals surface area contributed by atoms with E-state index < -0.39 is 0 Å². The molecule has 0 atom stereocenters. The monoisotopic (exact) mass is 290 g/mol. The first-order chi connectivity index (χ1) is 6.25. The maximum atomic E-state index is 9.27. The summed E-state index contributed by atoms with van der Waals surface area (Å²) in [7, 11) is 0. The van der Waals surface area contributed by atoms with Gasteiger partial charge in [-0.25, -0.2) is 0 Å². The molecule has 1 aliphatic rings. The number of phenols is 1. The molecule has 0 aromatic heterocycles. The number of hydrogen-bond donors (Lipinski definition) is 1. The Labute approximate surface area is 91.1 Å². The van der Waals surface area contributed by atoms with Crippen LogP contribution in [0.1, 0.15) is 12.8 Å². The first kappa shape index (κ1) is 9.12. The molecule has 0 amide bonds. The third-order valence-corrected chi connectivity index (χ3v) is 2.97. The molecule has 70 valence electrons. The maximum Gasteiger partial charge on any atom is 0.129 e. The number of hydrogen-bond acceptors (Lipinski definition) is 2. The van der Waals surface area contributed by atoms with Crippen LogP contribution in [0.3, 0.4) is 0 Å². The summed E-state index contributed by atoms with van der Waals surface area (Å²) in [5.74, 6) is 1.94. The first-order valence-electron chi connectivity index (χ1n) is 4.37. The van der Waals surface area contributed by atoms with Crippen LogP contribution in [0, 0.1) is 9.49 Å². The lowest BCUT2D eigenvalue weighted by atomic mass is 10.3. The van der Waals surface area contributed by atoms with Crippen LogP contribution in [-0.2, 0) is 0 Å². The van der Waals surface area contributed by atoms with Crippen LogP contribution in [-0.4, -0.2) is 11.7 Å². The number of benzene rings is 1. The molecule has 0 aliphatic heterocycles. The second kappa shape index (κ2) is 3.74. The minimum absolute atomic E-state index is 0.319. The van der Waals surface area contributed by atoms with E-state index in [9.17, 15) is 5.11 Å². The Morgan fingerprint density at radius 2 is 2.23 bits per heavy atom. The van der Waals surface area contributed by atoms with Crippen LogP contribution in [0.25, 0.3) is 0 Å². The zero-order valence-electron chi connectivity index (χ0n) is 7.16. The average Bonchev–Trinajstić information content (AvgIpc) is 2.91. The van der Waals surface area contributed by atoms with Crippen molar-refractivity contribution in [1.29, 1.82) is 0 Å². The molecule has 0 spiro atoms. The van der Waals surface area contributed by atoms with Crippen LogP contribution < -0.4 is 4.74 Å². The molecule has 0 bridgehead atoms. The highest BCUT2D eigenvalue weighted by Crippen LogP contribution is 2.30. The van der Waals surface area contributed by atoms with Crippen molar-refractivity contribution in [1.82, 2.24) is 0 Å². The number of rotatable bonds is 3. The highest BCUT2D eigenvalue weighted by molar-refractivity contribution is 14.1. The van der Waals surface area contributed by atoms with Gasteiger partial charge in [-0.15, -0.1) is 0 Å². The topological polar surface area (TPSA) is 29.5 Å². The van der Waals surface area contributed by atoms with E-state index in [0.717, 1.165) is 21.8 Å². The predicted octanol–water partition coefficient (Wildman–Crippen LogP) is 2.79. The summed E-state index contributed by atoms with van der Waals surface area (Å²) in [6.45, 7) is 0.820. The maximum absolute atomic E-state index is 9.27. The molecule has 0 heterocycles. The van der Waals surface area contributed by atoms with Gasteiger partial charge in [0.2, 0.25) is 0 Å². The molecule has 1 aliphatic carbocycles. The van der Waals surface area contributed by atoms with Crippen LogP contribution in [0.4, 0.5) is 0 Å². The van der Waals surface area contributed by atoms with Crippen LogP contribution in [0.2, 0.25) is 0 Å². The molecule has 3 heteroatoms. The van der Waals surface area contributed by atoms with Crippen molar-refractivity contribution in [2.45, 2.75) is 12.8 Å². The molecule has 0 radical (unpaired) electrons. The number of aromatic hydroxyl groups is 1. The van der Waals surface area contributed by atoms with Crippen molar-refractivity contribution in [3.63, 3.8) is 0 Å². The van der Waals surface area contributed by atoms with Crippen molar-refractivity contribution in [3.05, 3.63) is 21.8 Å². The van der Waals surface area contributed by atoms with Crippen LogP contribution in [0.5, 0.6) is 11.5 Å². The molecule has 0 saturated heterocycles. The third kappa shape index (κ3) is 2.49. The molecule has 0 unspecified atom stereocenters. The molecule has 1 N–H and O–H groups in total. The predicted molar refractivity (Wildman–Crippen MR) is 59.0 cm³/mol. The van der Waals surface area contributed by atoms with Gasteiger partial charge in [-0.2, -0.15) is 0 Å². The van der Waals surface area contributed by atoms with E-state index in [1.165, 1.54) is 12.8 Å². The van der Waals surface area contributed by atoms with E-state index in [-0.39, 0.29) is 0 Å². The van der Waals surface area contributed by atoms with E-state index in [1.807, 2.05) is 6.07 Å². The SMILES string of the molecule is Oc1ccc(OCC2CC2)cc1I. The molecular formula is C10H11IO2. The average molecular weight is 290 g/mol. The van der Waals surface area contributed by atoms with Gasteiger partial charge < -0.3 is 9.84 Å². The van der Waals surface area contributed by atoms with E-state index in [1.54, 1.807) is 12.1 Å². The summed E-state index contributed by atoms with van der Waals surface area (Å²) in [5.41, 5.74) is 0. The van der Waals surface area contributed by atoms with Gasteiger partial charge in [-0.1, -0.05) is 0 Å². The first-order valence-corrected chi connectivity index (χ1v) is 5.45. The number of halogens is 1. The Morgan fingerprint density at radius 3 is 2.85 bits per heavy atom. The minimum Gasteiger partial charge on any atom is -0.507 e. The Bertz CT molecular complexity index is 308. The summed E-state index contributed by atoms with van der Waals surface area (Å²) < 4.78 is 6.39. The standard InChI is InChI=1S/C10H11IO2/c11-9-5-8(3-4-10(9)12)13-6-7-1-2-7/h3-5,7,12H,1-2,6H2. The van der Waals surface area contributed by atoms with Crippen molar-refractivity contribution in [2.24, 2.45) is 5.92 Å². The van der Waals surface area contributed by atoms with Gasteiger partial charge >= 0.3 is 0 Å². The molecular weight excluding hydrogens is 279 g/mol. The zero-order chi connectivity index (χ0) is 9.26. The van der Waals surface area contributed by atoms with Crippen molar-refractivity contribution >= 4 is 22.6 Å². The Balaban J connectivity index is 1.98. The fourth-order valence-corrected chi connectivity index (χ4v) is 1.56. The summed E-state index contributed by atoms with van der Waals surface area (Å²) in [4.78, 5) is 0. The second-order valence-corrected chi connectivity index (χ2v) is 4.53. The normalized spacial score (nSPS) is 15.8. The molecule has 2 nitrogen and oxygen atoms in total. The minimum atomic E-state index is 0.319. The quantitative estimate of drug-likeness (QED) is 0.867. The van der Waals surface area contributed by atoms with E-state index in [2.05, 4.69) is 22.6 Å². The van der Waals surface area contributed by atoms with Crippen molar-refractivity contribution in [3.8, 4) is 11.5 Å². The van der Waals surface area contributed by atoms with Crippen molar-refractivity contribution in [2.75, 3.05) is 6.61 Å². The van der Waals surface area contributed by atoms with Gasteiger partial charge in [0.1, 0.15) is 11.5 Å². The van der Waals surface area contributed by atoms with E-state index >= 15 is 0 Å². The Kier molecular flexibility index (Phi) is 2.62. The molecule has 1 aromatic carbocycles. The Morgan fingerprint density at radius 1 is 1.46 bits per heavy atom. The van der Waals surface area contributed by atoms with Gasteiger partial charge in [0.15, 0.2) is 0 Å². The van der Waals surface area contributed by atoms with Gasteiger partial charge in [-0.3, -0.25) is 0 Å². The van der Waals surface area contributed by atoms with Gasteiger partial charge in [0, 0.05) is 0 Å². The van der Waals surface area contributed by atoms with E-state index in [4.69, 9.17) is 4.74 Å². The van der Waals surface area contributed by atoms with Gasteiger partial charge in [-0.05, 0) is 59.5 Å². The lowest BCUT2D eigenvalue weighted by Crippen LogP contribution is -1.98. The number of phenolic OH excluding ortho intramolecular Hbond substituents is 1. The Hall–Kier alpha value is -0.450. The third-order valence-electron chi connectivity index (χ3n) is 2.10. The lowest BCUT2D eigenvalue weighted by molar-refractivity contribution is 0.299. The zero-order valence-corrected chi connectivity index (χ0v) is 9.32. The van der Waals surface area contributed by atoms with E-state index in [0.29, 0.717) is 5.75 Å². The van der Waals surface area contributed by atoms with Crippen LogP contribution >= 0.6 is 22.6 Å². The second-order valence-electron chi connectivity index (χ2n) is 3.37. The summed E-state index contributed by atoms with van der Waals surface area (Å²) in [6, 6.07) is 5.34. The van der Waals surface area contributed by atoms with Crippen LogP contribution in [0.15, 0.2) is 18.2 Å². The highest BCUT2D eigenvalue weighted by atomic mass is 127. The fourth-order valence-electron chi connectivity index (χ4n) is 1.08. The lowest BCUT2D eigenvalue weighted by Gasteiger charge is -2.05. The fraction of sp³-hybridized carbons (Fsp3) is 0.400. The highest BCUT2D eigenvalue weighted by Gasteiger charge is 2.21. The smallest absolute Gasteiger partial charge is 0.129 e. The summed E-state index contributed by atoms with van der Waals surface area (Å²) in [6.07, 6.45) is 2.60. The molecule has 13 heavy (non-hydrogen) atoms.